The van der Waals surface area contributed by atoms with Gasteiger partial charge in [-0.15, -0.1) is 11.3 Å². The standard InChI is InChI=1S/C15H23NO3S/c1-4-12(7-8-17)16-15(19)6-5-14(18)13-9-10(2)20-11(13)3/h9,12,17H,4-8H2,1-3H3,(H,16,19). The van der Waals surface area contributed by atoms with Crippen LogP contribution in [0.5, 0.6) is 0 Å². The van der Waals surface area contributed by atoms with Gasteiger partial charge in [-0.1, -0.05) is 6.92 Å². The van der Waals surface area contributed by atoms with Crippen molar-refractivity contribution in [2.75, 3.05) is 6.61 Å². The molecule has 0 bridgehead atoms. The monoisotopic (exact) mass is 297 g/mol. The van der Waals surface area contributed by atoms with Crippen LogP contribution in [0.3, 0.4) is 0 Å². The van der Waals surface area contributed by atoms with Gasteiger partial charge in [0.15, 0.2) is 5.78 Å². The highest BCUT2D eigenvalue weighted by Crippen LogP contribution is 2.22. The SMILES string of the molecule is CCC(CCO)NC(=O)CCC(=O)c1cc(C)sc1C. The number of rotatable bonds is 8. The molecule has 0 aliphatic heterocycles. The third-order valence-corrected chi connectivity index (χ3v) is 4.22. The molecule has 0 fully saturated rings. The summed E-state index contributed by atoms with van der Waals surface area (Å²) in [6.07, 6.45) is 1.77. The second-order valence-corrected chi connectivity index (χ2v) is 6.40. The molecule has 2 N–H and O–H groups in total. The van der Waals surface area contributed by atoms with Crippen LogP contribution in [0.4, 0.5) is 0 Å². The Hall–Kier alpha value is -1.20. The van der Waals surface area contributed by atoms with Crippen molar-refractivity contribution in [2.24, 2.45) is 0 Å². The van der Waals surface area contributed by atoms with Crippen LogP contribution in [0.1, 0.15) is 52.7 Å². The number of aliphatic hydroxyl groups excluding tert-OH is 1. The Bertz CT molecular complexity index is 468. The van der Waals surface area contributed by atoms with Crippen LogP contribution in [0.25, 0.3) is 0 Å². The number of hydrogen-bond donors (Lipinski definition) is 2. The first-order chi connectivity index (χ1) is 9.47. The summed E-state index contributed by atoms with van der Waals surface area (Å²) in [5, 5.41) is 11.7. The fourth-order valence-electron chi connectivity index (χ4n) is 2.10. The van der Waals surface area contributed by atoms with E-state index in [2.05, 4.69) is 5.32 Å². The number of ketones is 1. The van der Waals surface area contributed by atoms with E-state index >= 15 is 0 Å². The van der Waals surface area contributed by atoms with Gasteiger partial charge in [-0.3, -0.25) is 9.59 Å². The Kier molecular flexibility index (Phi) is 6.88. The number of hydrogen-bond acceptors (Lipinski definition) is 4. The first-order valence-corrected chi connectivity index (χ1v) is 7.80. The van der Waals surface area contributed by atoms with Gasteiger partial charge in [0.1, 0.15) is 0 Å². The number of aryl methyl sites for hydroxylation is 2. The van der Waals surface area contributed by atoms with Crippen molar-refractivity contribution in [3.63, 3.8) is 0 Å². The summed E-state index contributed by atoms with van der Waals surface area (Å²) in [5.41, 5.74) is 0.739. The number of carbonyl (C=O) groups is 2. The van der Waals surface area contributed by atoms with Gasteiger partial charge in [0.2, 0.25) is 5.91 Å². The highest BCUT2D eigenvalue weighted by molar-refractivity contribution is 7.12. The van der Waals surface area contributed by atoms with Crippen LogP contribution >= 0.6 is 11.3 Å². The van der Waals surface area contributed by atoms with Crippen LogP contribution in [-0.4, -0.2) is 29.4 Å². The fraction of sp³-hybridized carbons (Fsp3) is 0.600. The fourth-order valence-corrected chi connectivity index (χ4v) is 3.05. The van der Waals surface area contributed by atoms with Crippen LogP contribution in [0.2, 0.25) is 0 Å². The van der Waals surface area contributed by atoms with Gasteiger partial charge in [0.05, 0.1) is 0 Å². The highest BCUT2D eigenvalue weighted by Gasteiger charge is 2.15. The zero-order chi connectivity index (χ0) is 15.1. The number of nitrogens with one attached hydrogen (secondary N) is 1. The molecule has 5 heteroatoms. The Balaban J connectivity index is 2.44. The molecule has 0 spiro atoms. The molecule has 1 unspecified atom stereocenters. The molecule has 112 valence electrons. The number of amides is 1. The number of aliphatic hydroxyl groups is 1. The second kappa shape index (κ2) is 8.17. The second-order valence-electron chi connectivity index (χ2n) is 4.94. The van der Waals surface area contributed by atoms with E-state index in [9.17, 15) is 9.59 Å². The van der Waals surface area contributed by atoms with E-state index in [1.807, 2.05) is 26.8 Å². The van der Waals surface area contributed by atoms with Crippen molar-refractivity contribution in [3.8, 4) is 0 Å². The molecule has 0 aromatic carbocycles. The minimum absolute atomic E-state index is 0.00673. The molecule has 0 saturated carbocycles. The summed E-state index contributed by atoms with van der Waals surface area (Å²) in [6, 6.07) is 1.88. The van der Waals surface area contributed by atoms with Gasteiger partial charge in [0, 0.05) is 40.8 Å². The van der Waals surface area contributed by atoms with Crippen molar-refractivity contribution < 1.29 is 14.7 Å². The van der Waals surface area contributed by atoms with Crippen molar-refractivity contribution >= 4 is 23.0 Å². The quantitative estimate of drug-likeness (QED) is 0.725. The van der Waals surface area contributed by atoms with Crippen molar-refractivity contribution in [1.29, 1.82) is 0 Å². The minimum Gasteiger partial charge on any atom is -0.396 e. The van der Waals surface area contributed by atoms with Gasteiger partial charge >= 0.3 is 0 Å². The zero-order valence-corrected chi connectivity index (χ0v) is 13.2. The van der Waals surface area contributed by atoms with Crippen LogP contribution < -0.4 is 5.32 Å². The molecular weight excluding hydrogens is 274 g/mol. The largest absolute Gasteiger partial charge is 0.396 e. The molecule has 0 aliphatic rings. The molecule has 1 aromatic heterocycles. The lowest BCUT2D eigenvalue weighted by Crippen LogP contribution is -2.35. The third kappa shape index (κ3) is 5.06. The number of Topliss-reactive ketones (excluding diaryl/α,β-unsaturated/α-hetero) is 1. The minimum atomic E-state index is -0.122. The van der Waals surface area contributed by atoms with Crippen molar-refractivity contribution in [3.05, 3.63) is 21.4 Å². The van der Waals surface area contributed by atoms with E-state index in [0.29, 0.717) is 6.42 Å². The molecule has 1 atom stereocenters. The maximum atomic E-state index is 12.1. The zero-order valence-electron chi connectivity index (χ0n) is 12.4. The predicted molar refractivity (Wildman–Crippen MR) is 81.3 cm³/mol. The summed E-state index contributed by atoms with van der Waals surface area (Å²) in [5.74, 6) is -0.0968. The Labute approximate surface area is 124 Å². The number of carbonyl (C=O) groups excluding carboxylic acids is 2. The molecular formula is C15H23NO3S. The first kappa shape index (κ1) is 16.9. The van der Waals surface area contributed by atoms with Gasteiger partial charge < -0.3 is 10.4 Å². The average molecular weight is 297 g/mol. The Morgan fingerprint density at radius 3 is 2.55 bits per heavy atom. The molecule has 4 nitrogen and oxygen atoms in total. The Morgan fingerprint density at radius 1 is 1.35 bits per heavy atom. The van der Waals surface area contributed by atoms with Crippen molar-refractivity contribution in [2.45, 2.75) is 52.5 Å². The summed E-state index contributed by atoms with van der Waals surface area (Å²) >= 11 is 1.60. The predicted octanol–water partition coefficient (Wildman–Crippen LogP) is 2.61. The summed E-state index contributed by atoms with van der Waals surface area (Å²) in [7, 11) is 0. The Morgan fingerprint density at radius 2 is 2.05 bits per heavy atom. The summed E-state index contributed by atoms with van der Waals surface area (Å²) in [4.78, 5) is 26.0. The molecule has 20 heavy (non-hydrogen) atoms. The van der Waals surface area contributed by atoms with Crippen LogP contribution in [0.15, 0.2) is 6.07 Å². The highest BCUT2D eigenvalue weighted by atomic mass is 32.1. The lowest BCUT2D eigenvalue weighted by Gasteiger charge is -2.15. The van der Waals surface area contributed by atoms with Gasteiger partial charge in [-0.25, -0.2) is 0 Å². The van der Waals surface area contributed by atoms with Crippen LogP contribution in [0, 0.1) is 13.8 Å². The molecule has 1 aromatic rings. The molecule has 1 amide bonds. The molecule has 1 rings (SSSR count). The lowest BCUT2D eigenvalue weighted by molar-refractivity contribution is -0.121. The maximum absolute atomic E-state index is 12.1. The van der Waals surface area contributed by atoms with Crippen molar-refractivity contribution in [1.82, 2.24) is 5.32 Å². The van der Waals surface area contributed by atoms with Crippen LogP contribution in [-0.2, 0) is 4.79 Å². The van der Waals surface area contributed by atoms with Gasteiger partial charge in [-0.2, -0.15) is 0 Å². The third-order valence-electron chi connectivity index (χ3n) is 3.26. The first-order valence-electron chi connectivity index (χ1n) is 6.98. The molecule has 0 aliphatic carbocycles. The molecule has 0 radical (unpaired) electrons. The lowest BCUT2D eigenvalue weighted by atomic mass is 10.1. The van der Waals surface area contributed by atoms with Gasteiger partial charge in [0.25, 0.3) is 0 Å². The topological polar surface area (TPSA) is 66.4 Å². The van der Waals surface area contributed by atoms with E-state index in [0.717, 1.165) is 21.7 Å². The van der Waals surface area contributed by atoms with E-state index in [1.165, 1.54) is 0 Å². The maximum Gasteiger partial charge on any atom is 0.220 e. The molecule has 0 saturated heterocycles. The van der Waals surface area contributed by atoms with E-state index < -0.39 is 0 Å². The van der Waals surface area contributed by atoms with E-state index in [1.54, 1.807) is 11.3 Å². The van der Waals surface area contributed by atoms with E-state index in [-0.39, 0.29) is 37.2 Å². The normalized spacial score (nSPS) is 12.2. The van der Waals surface area contributed by atoms with Gasteiger partial charge in [-0.05, 0) is 32.8 Å². The molecule has 1 heterocycles. The number of thiophene rings is 1. The summed E-state index contributed by atoms with van der Waals surface area (Å²) < 4.78 is 0. The van der Waals surface area contributed by atoms with E-state index in [4.69, 9.17) is 5.11 Å². The smallest absolute Gasteiger partial charge is 0.220 e. The average Bonchev–Trinajstić information content (AvgIpc) is 2.74. The summed E-state index contributed by atoms with van der Waals surface area (Å²) in [6.45, 7) is 5.93.